The molecule has 3 heteroatoms. The number of ether oxygens (including phenoxy) is 2. The van der Waals surface area contributed by atoms with Crippen LogP contribution in [0.15, 0.2) is 23.7 Å². The minimum atomic E-state index is -0.243. The maximum Gasteiger partial charge on any atom is 0.250 e. The standard InChI is InChI=1S/C10H10O3/c11-7-2-1-3-8-9(7)6-4-5-12-10(6)13-8/h4-6,10H,1-3H2. The van der Waals surface area contributed by atoms with Gasteiger partial charge >= 0.3 is 0 Å². The number of rotatable bonds is 0. The molecule has 0 amide bonds. The second-order valence-electron chi connectivity index (χ2n) is 3.59. The highest BCUT2D eigenvalue weighted by Crippen LogP contribution is 2.41. The summed E-state index contributed by atoms with van der Waals surface area (Å²) in [7, 11) is 0. The maximum atomic E-state index is 11.6. The average molecular weight is 178 g/mol. The van der Waals surface area contributed by atoms with Crippen LogP contribution in [0.4, 0.5) is 0 Å². The topological polar surface area (TPSA) is 35.5 Å². The van der Waals surface area contributed by atoms with Crippen LogP contribution in [0.1, 0.15) is 19.3 Å². The van der Waals surface area contributed by atoms with E-state index in [0.29, 0.717) is 6.42 Å². The van der Waals surface area contributed by atoms with E-state index in [2.05, 4.69) is 0 Å². The molecule has 0 fully saturated rings. The Balaban J connectivity index is 2.03. The first-order valence-electron chi connectivity index (χ1n) is 4.61. The van der Waals surface area contributed by atoms with Gasteiger partial charge in [-0.2, -0.15) is 0 Å². The fraction of sp³-hybridized carbons (Fsp3) is 0.500. The van der Waals surface area contributed by atoms with Gasteiger partial charge in [0.15, 0.2) is 5.78 Å². The molecule has 2 unspecified atom stereocenters. The summed E-state index contributed by atoms with van der Waals surface area (Å²) in [6.45, 7) is 0. The monoisotopic (exact) mass is 178 g/mol. The van der Waals surface area contributed by atoms with E-state index in [1.807, 2.05) is 6.08 Å². The zero-order valence-corrected chi connectivity index (χ0v) is 7.16. The van der Waals surface area contributed by atoms with E-state index in [4.69, 9.17) is 9.47 Å². The molecule has 13 heavy (non-hydrogen) atoms. The van der Waals surface area contributed by atoms with Crippen LogP contribution in [-0.2, 0) is 14.3 Å². The van der Waals surface area contributed by atoms with Crippen molar-refractivity contribution in [2.24, 2.45) is 5.92 Å². The van der Waals surface area contributed by atoms with Crippen LogP contribution in [0.2, 0.25) is 0 Å². The number of allylic oxidation sites excluding steroid dienone is 1. The molecule has 0 aromatic rings. The van der Waals surface area contributed by atoms with Gasteiger partial charge in [-0.15, -0.1) is 0 Å². The van der Waals surface area contributed by atoms with Gasteiger partial charge in [0.25, 0.3) is 0 Å². The Hall–Kier alpha value is -1.25. The zero-order valence-electron chi connectivity index (χ0n) is 7.16. The highest BCUT2D eigenvalue weighted by atomic mass is 16.7. The molecule has 0 radical (unpaired) electrons. The van der Waals surface area contributed by atoms with Gasteiger partial charge in [-0.3, -0.25) is 4.79 Å². The van der Waals surface area contributed by atoms with Crippen molar-refractivity contribution < 1.29 is 14.3 Å². The summed E-state index contributed by atoms with van der Waals surface area (Å²) >= 11 is 0. The second-order valence-corrected chi connectivity index (χ2v) is 3.59. The van der Waals surface area contributed by atoms with Crippen molar-refractivity contribution >= 4 is 5.78 Å². The van der Waals surface area contributed by atoms with Gasteiger partial charge in [0, 0.05) is 18.4 Å². The number of carbonyl (C=O) groups is 1. The van der Waals surface area contributed by atoms with E-state index in [1.54, 1.807) is 6.26 Å². The largest absolute Gasteiger partial charge is 0.462 e. The molecule has 2 aliphatic heterocycles. The highest BCUT2D eigenvalue weighted by Gasteiger charge is 2.43. The molecule has 0 spiro atoms. The molecule has 3 nitrogen and oxygen atoms in total. The predicted octanol–water partition coefficient (Wildman–Crippen LogP) is 1.51. The molecule has 3 aliphatic rings. The first kappa shape index (κ1) is 7.18. The molecular weight excluding hydrogens is 168 g/mol. The Morgan fingerprint density at radius 2 is 2.31 bits per heavy atom. The fourth-order valence-corrected chi connectivity index (χ4v) is 2.18. The van der Waals surface area contributed by atoms with Gasteiger partial charge < -0.3 is 9.47 Å². The second kappa shape index (κ2) is 2.37. The number of Topliss-reactive ketones (excluding diaryl/α,β-unsaturated/α-hetero) is 1. The van der Waals surface area contributed by atoms with Crippen LogP contribution < -0.4 is 0 Å². The normalized spacial score (nSPS) is 35.5. The molecule has 0 saturated heterocycles. The number of fused-ring (bicyclic) bond motifs is 2. The SMILES string of the molecule is O=C1CCCC2=C1C1C=COC1O2. The van der Waals surface area contributed by atoms with Crippen molar-refractivity contribution in [3.63, 3.8) is 0 Å². The quantitative estimate of drug-likeness (QED) is 0.564. The lowest BCUT2D eigenvalue weighted by Crippen LogP contribution is -2.17. The van der Waals surface area contributed by atoms with E-state index in [9.17, 15) is 4.79 Å². The van der Waals surface area contributed by atoms with Gasteiger partial charge in [-0.1, -0.05) is 0 Å². The molecule has 0 aromatic heterocycles. The maximum absolute atomic E-state index is 11.6. The lowest BCUT2D eigenvalue weighted by Gasteiger charge is -2.12. The van der Waals surface area contributed by atoms with E-state index in [-0.39, 0.29) is 18.0 Å². The van der Waals surface area contributed by atoms with Crippen LogP contribution in [0.3, 0.4) is 0 Å². The summed E-state index contributed by atoms with van der Waals surface area (Å²) in [5.41, 5.74) is 0.866. The van der Waals surface area contributed by atoms with E-state index >= 15 is 0 Å². The smallest absolute Gasteiger partial charge is 0.250 e. The number of hydrogen-bond acceptors (Lipinski definition) is 3. The third-order valence-electron chi connectivity index (χ3n) is 2.79. The Kier molecular flexibility index (Phi) is 1.31. The van der Waals surface area contributed by atoms with Gasteiger partial charge in [-0.25, -0.2) is 0 Å². The number of ketones is 1. The van der Waals surface area contributed by atoms with Gasteiger partial charge in [-0.05, 0) is 12.5 Å². The molecule has 0 N–H and O–H groups in total. The third kappa shape index (κ3) is 0.870. The lowest BCUT2D eigenvalue weighted by molar-refractivity contribution is -0.116. The van der Waals surface area contributed by atoms with E-state index in [1.165, 1.54) is 0 Å². The van der Waals surface area contributed by atoms with Crippen molar-refractivity contribution in [2.75, 3.05) is 0 Å². The van der Waals surface area contributed by atoms with Crippen molar-refractivity contribution in [1.29, 1.82) is 0 Å². The fourth-order valence-electron chi connectivity index (χ4n) is 2.18. The third-order valence-corrected chi connectivity index (χ3v) is 2.79. The van der Waals surface area contributed by atoms with Crippen molar-refractivity contribution in [2.45, 2.75) is 25.6 Å². The zero-order chi connectivity index (χ0) is 8.84. The van der Waals surface area contributed by atoms with Crippen LogP contribution in [0, 0.1) is 5.92 Å². The first-order valence-corrected chi connectivity index (χ1v) is 4.61. The molecule has 2 atom stereocenters. The summed E-state index contributed by atoms with van der Waals surface area (Å²) in [6, 6.07) is 0. The Morgan fingerprint density at radius 3 is 3.23 bits per heavy atom. The Bertz CT molecular complexity index is 327. The van der Waals surface area contributed by atoms with Crippen LogP contribution >= 0.6 is 0 Å². The molecule has 0 bridgehead atoms. The van der Waals surface area contributed by atoms with E-state index in [0.717, 1.165) is 24.2 Å². The van der Waals surface area contributed by atoms with Crippen LogP contribution in [0.25, 0.3) is 0 Å². The molecule has 0 saturated carbocycles. The summed E-state index contributed by atoms with van der Waals surface area (Å²) < 4.78 is 10.8. The summed E-state index contributed by atoms with van der Waals surface area (Å²) in [5.74, 6) is 1.18. The summed E-state index contributed by atoms with van der Waals surface area (Å²) in [5, 5.41) is 0. The van der Waals surface area contributed by atoms with Gasteiger partial charge in [0.2, 0.25) is 6.29 Å². The number of carbonyl (C=O) groups excluding carboxylic acids is 1. The van der Waals surface area contributed by atoms with Crippen LogP contribution in [0.5, 0.6) is 0 Å². The molecule has 68 valence electrons. The van der Waals surface area contributed by atoms with Gasteiger partial charge in [0.05, 0.1) is 12.2 Å². The minimum Gasteiger partial charge on any atom is -0.462 e. The first-order chi connectivity index (χ1) is 6.36. The minimum absolute atomic E-state index is 0.0720. The van der Waals surface area contributed by atoms with Gasteiger partial charge in [0.1, 0.15) is 5.76 Å². The summed E-state index contributed by atoms with van der Waals surface area (Å²) in [6.07, 6.45) is 5.77. The summed E-state index contributed by atoms with van der Waals surface area (Å²) in [4.78, 5) is 11.6. The molecular formula is C10H10O3. The Morgan fingerprint density at radius 1 is 1.38 bits per heavy atom. The molecule has 3 rings (SSSR count). The molecule has 0 aromatic carbocycles. The van der Waals surface area contributed by atoms with Crippen molar-refractivity contribution in [1.82, 2.24) is 0 Å². The lowest BCUT2D eigenvalue weighted by atomic mass is 9.89. The van der Waals surface area contributed by atoms with Crippen molar-refractivity contribution in [3.05, 3.63) is 23.7 Å². The molecule has 1 aliphatic carbocycles. The van der Waals surface area contributed by atoms with Crippen LogP contribution in [-0.4, -0.2) is 12.1 Å². The predicted molar refractivity (Wildman–Crippen MR) is 44.5 cm³/mol. The average Bonchev–Trinajstić information content (AvgIpc) is 2.62. The Labute approximate surface area is 76.0 Å². The van der Waals surface area contributed by atoms with E-state index < -0.39 is 0 Å². The highest BCUT2D eigenvalue weighted by molar-refractivity contribution is 5.98. The molecule has 2 heterocycles. The number of hydrogen-bond donors (Lipinski definition) is 0. The van der Waals surface area contributed by atoms with Crippen molar-refractivity contribution in [3.8, 4) is 0 Å².